The first-order chi connectivity index (χ1) is 18.0. The van der Waals surface area contributed by atoms with E-state index in [-0.39, 0.29) is 33.4 Å². The average molecular weight is 607 g/mol. The van der Waals surface area contributed by atoms with Crippen molar-refractivity contribution in [1.82, 2.24) is 0 Å². The highest BCUT2D eigenvalue weighted by Gasteiger charge is 2.47. The largest absolute Gasteiger partial charge is 0.413 e. The van der Waals surface area contributed by atoms with Crippen molar-refractivity contribution >= 4 is 25.0 Å². The van der Waals surface area contributed by atoms with Crippen LogP contribution >= 0.6 is 0 Å². The van der Waals surface area contributed by atoms with Crippen molar-refractivity contribution in [3.8, 4) is 0 Å². The Morgan fingerprint density at radius 1 is 0.675 bits per heavy atom. The first-order valence-corrected chi connectivity index (χ1v) is 24.0. The third kappa shape index (κ3) is 9.48. The van der Waals surface area contributed by atoms with Crippen LogP contribution in [0.5, 0.6) is 0 Å². The van der Waals surface area contributed by atoms with Gasteiger partial charge in [-0.25, -0.2) is 0 Å². The summed E-state index contributed by atoms with van der Waals surface area (Å²) in [6.07, 6.45) is 4.03. The van der Waals surface area contributed by atoms with Crippen molar-refractivity contribution in [3.63, 3.8) is 0 Å². The fourth-order valence-corrected chi connectivity index (χ4v) is 7.63. The third-order valence-electron chi connectivity index (χ3n) is 10.1. The lowest BCUT2D eigenvalue weighted by atomic mass is 9.87. The molecule has 0 heterocycles. The maximum Gasteiger partial charge on any atom is 0.192 e. The normalized spacial score (nSPS) is 23.1. The number of benzene rings is 1. The molecule has 4 nitrogen and oxygen atoms in total. The van der Waals surface area contributed by atoms with E-state index in [2.05, 4.69) is 138 Å². The molecular weight excluding hydrogens is 545 g/mol. The van der Waals surface area contributed by atoms with Gasteiger partial charge in [-0.05, 0) is 65.5 Å². The first kappa shape index (κ1) is 35.6. The fraction of sp³-hybridized carbons (Fsp3) is 0.758. The molecule has 3 atom stereocenters. The van der Waals surface area contributed by atoms with Crippen molar-refractivity contribution in [3.05, 3.63) is 47.5 Å². The zero-order valence-corrected chi connectivity index (χ0v) is 31.7. The molecule has 230 valence electrons. The molecule has 1 aliphatic rings. The molecule has 1 saturated carbocycles. The maximum atomic E-state index is 7.20. The molecule has 0 N–H and O–H groups in total. The summed E-state index contributed by atoms with van der Waals surface area (Å²) in [5, 5.41) is 0.398. The molecule has 0 aromatic heterocycles. The van der Waals surface area contributed by atoms with Crippen molar-refractivity contribution < 1.29 is 18.0 Å². The zero-order chi connectivity index (χ0) is 30.8. The minimum atomic E-state index is -2.05. The molecule has 1 unspecified atom stereocenters. The van der Waals surface area contributed by atoms with Crippen LogP contribution in [0.2, 0.25) is 54.4 Å². The van der Waals surface area contributed by atoms with E-state index in [0.717, 1.165) is 12.8 Å². The summed E-state index contributed by atoms with van der Waals surface area (Å²) in [5.41, 5.74) is 2.48. The number of hydrogen-bond acceptors (Lipinski definition) is 4. The van der Waals surface area contributed by atoms with Gasteiger partial charge in [-0.2, -0.15) is 0 Å². The topological polar surface area (TPSA) is 36.9 Å². The van der Waals surface area contributed by atoms with Crippen LogP contribution in [0.15, 0.2) is 42.0 Å². The Morgan fingerprint density at radius 3 is 1.50 bits per heavy atom. The second-order valence-corrected chi connectivity index (χ2v) is 30.7. The molecule has 7 heteroatoms. The molecule has 0 saturated heterocycles. The summed E-state index contributed by atoms with van der Waals surface area (Å²) < 4.78 is 27.7. The van der Waals surface area contributed by atoms with Crippen LogP contribution in [-0.2, 0) is 24.6 Å². The number of rotatable bonds is 10. The monoisotopic (exact) mass is 606 g/mol. The van der Waals surface area contributed by atoms with Crippen molar-refractivity contribution in [2.45, 2.75) is 154 Å². The molecule has 0 radical (unpaired) electrons. The molecule has 1 fully saturated rings. The second-order valence-electron chi connectivity index (χ2n) is 16.4. The Balaban J connectivity index is 2.48. The molecule has 1 aromatic carbocycles. The molecule has 2 rings (SSSR count). The van der Waals surface area contributed by atoms with E-state index in [1.54, 1.807) is 0 Å². The number of hydrogen-bond donors (Lipinski definition) is 0. The van der Waals surface area contributed by atoms with Gasteiger partial charge >= 0.3 is 0 Å². The van der Waals surface area contributed by atoms with Crippen LogP contribution in [0.3, 0.4) is 0 Å². The van der Waals surface area contributed by atoms with Crippen molar-refractivity contribution in [2.75, 3.05) is 6.61 Å². The maximum absolute atomic E-state index is 7.20. The Labute approximate surface area is 251 Å². The van der Waals surface area contributed by atoms with Gasteiger partial charge in [-0.3, -0.25) is 0 Å². The van der Waals surface area contributed by atoms with E-state index in [4.69, 9.17) is 18.0 Å². The van der Waals surface area contributed by atoms with E-state index in [1.165, 1.54) is 11.1 Å². The highest BCUT2D eigenvalue weighted by Crippen LogP contribution is 2.44. The van der Waals surface area contributed by atoms with Gasteiger partial charge in [-0.15, -0.1) is 0 Å². The minimum absolute atomic E-state index is 0.0341. The highest BCUT2D eigenvalue weighted by atomic mass is 28.4. The highest BCUT2D eigenvalue weighted by molar-refractivity contribution is 6.75. The quantitative estimate of drug-likeness (QED) is 0.196. The smallest absolute Gasteiger partial charge is 0.192 e. The number of ether oxygens (including phenoxy) is 1. The van der Waals surface area contributed by atoms with Gasteiger partial charge in [0.15, 0.2) is 25.0 Å². The Kier molecular flexibility index (Phi) is 11.6. The van der Waals surface area contributed by atoms with Crippen LogP contribution in [0, 0.1) is 0 Å². The molecular formula is C33H62O4Si3. The summed E-state index contributed by atoms with van der Waals surface area (Å²) in [7, 11) is -5.99. The molecule has 1 aromatic rings. The van der Waals surface area contributed by atoms with Crippen LogP contribution in [0.25, 0.3) is 0 Å². The molecule has 0 bridgehead atoms. The second kappa shape index (κ2) is 13.0. The SMILES string of the molecule is CC(C)(C)[Si](C)(C)OCC=C1[C@@H](O[Si](C)(C)C(C)(C)C)CC(OCc2ccccc2)C[C@H]1O[Si](C)(C)C(C)(C)C. The van der Waals surface area contributed by atoms with E-state index in [0.29, 0.717) is 13.2 Å². The molecule has 1 aliphatic carbocycles. The molecule has 0 amide bonds. The third-order valence-corrected chi connectivity index (χ3v) is 23.6. The molecule has 40 heavy (non-hydrogen) atoms. The lowest BCUT2D eigenvalue weighted by Crippen LogP contribution is -2.52. The Bertz CT molecular complexity index is 926. The van der Waals surface area contributed by atoms with E-state index in [1.807, 2.05) is 0 Å². The lowest BCUT2D eigenvalue weighted by molar-refractivity contribution is -0.0327. The van der Waals surface area contributed by atoms with E-state index >= 15 is 0 Å². The predicted molar refractivity (Wildman–Crippen MR) is 180 cm³/mol. The summed E-state index contributed by atoms with van der Waals surface area (Å²) in [5.74, 6) is 0. The van der Waals surface area contributed by atoms with Crippen LogP contribution in [0.1, 0.15) is 80.7 Å². The van der Waals surface area contributed by atoms with Gasteiger partial charge in [-0.1, -0.05) is 98.7 Å². The fourth-order valence-electron chi connectivity index (χ4n) is 4.10. The summed E-state index contributed by atoms with van der Waals surface area (Å²) in [6, 6.07) is 10.5. The van der Waals surface area contributed by atoms with Crippen molar-refractivity contribution in [1.29, 1.82) is 0 Å². The first-order valence-electron chi connectivity index (χ1n) is 15.3. The Hall–Kier alpha value is -0.549. The zero-order valence-electron chi connectivity index (χ0n) is 28.7. The molecule has 0 aliphatic heterocycles. The lowest BCUT2D eigenvalue weighted by Gasteiger charge is -2.47. The van der Waals surface area contributed by atoms with Gasteiger partial charge in [0.1, 0.15) is 0 Å². The van der Waals surface area contributed by atoms with E-state index < -0.39 is 25.0 Å². The average Bonchev–Trinajstić information content (AvgIpc) is 2.77. The van der Waals surface area contributed by atoms with Gasteiger partial charge < -0.3 is 18.0 Å². The Morgan fingerprint density at radius 2 is 1.10 bits per heavy atom. The summed E-state index contributed by atoms with van der Waals surface area (Å²) in [4.78, 5) is 0. The minimum Gasteiger partial charge on any atom is -0.413 e. The van der Waals surface area contributed by atoms with Gasteiger partial charge in [0.25, 0.3) is 0 Å². The van der Waals surface area contributed by atoms with Crippen LogP contribution < -0.4 is 0 Å². The van der Waals surface area contributed by atoms with Gasteiger partial charge in [0.05, 0.1) is 31.5 Å². The predicted octanol–water partition coefficient (Wildman–Crippen LogP) is 10.1. The summed E-state index contributed by atoms with van der Waals surface area (Å²) >= 11 is 0. The van der Waals surface area contributed by atoms with Gasteiger partial charge in [0, 0.05) is 12.8 Å². The van der Waals surface area contributed by atoms with Gasteiger partial charge in [0.2, 0.25) is 0 Å². The standard InChI is InChI=1S/C33H62O4Si3/c1-31(2,3)38(10,11)35-22-21-28-29(36-39(12,13)32(4,5)6)23-27(34-25-26-19-17-16-18-20-26)24-30(28)37-40(14,15)33(7,8)9/h16-21,27,29-30H,22-25H2,1-15H3/t27?,29-,30+. The summed E-state index contributed by atoms with van der Waals surface area (Å²) in [6.45, 7) is 36.1. The van der Waals surface area contributed by atoms with Crippen molar-refractivity contribution in [2.24, 2.45) is 0 Å². The van der Waals surface area contributed by atoms with Crippen LogP contribution in [0.4, 0.5) is 0 Å². The van der Waals surface area contributed by atoms with Crippen LogP contribution in [-0.4, -0.2) is 49.9 Å². The van der Waals surface area contributed by atoms with E-state index in [9.17, 15) is 0 Å². The molecule has 0 spiro atoms.